The van der Waals surface area contributed by atoms with E-state index in [1.165, 1.54) is 24.5 Å². The van der Waals surface area contributed by atoms with Gasteiger partial charge in [-0.1, -0.05) is 30.3 Å². The fourth-order valence-corrected chi connectivity index (χ4v) is 6.07. The number of benzene rings is 1. The number of likely N-dealkylation sites (tertiary alicyclic amines) is 1. The maximum atomic E-state index is 13.8. The second kappa shape index (κ2) is 10.7. The monoisotopic (exact) mass is 581 g/mol. The minimum Gasteiger partial charge on any atom is -0.417 e. The number of nitrogens with two attached hydrogens (primary N) is 1. The first-order chi connectivity index (χ1) is 18.9. The Hall–Kier alpha value is -3.68. The van der Waals surface area contributed by atoms with Crippen molar-refractivity contribution in [3.63, 3.8) is 0 Å². The zero-order chi connectivity index (χ0) is 28.7. The summed E-state index contributed by atoms with van der Waals surface area (Å²) >= 11 is 1.53. The van der Waals surface area contributed by atoms with E-state index in [4.69, 9.17) is 10.2 Å². The third kappa shape index (κ3) is 5.76. The molecule has 1 aromatic carbocycles. The fraction of sp³-hybridized carbons (Fsp3) is 0.370. The summed E-state index contributed by atoms with van der Waals surface area (Å²) in [5, 5.41) is 11.2. The van der Waals surface area contributed by atoms with Gasteiger partial charge in [-0.05, 0) is 50.8 Å². The zero-order valence-electron chi connectivity index (χ0n) is 22.7. The topological polar surface area (TPSA) is 148 Å². The fourth-order valence-electron chi connectivity index (χ4n) is 4.69. The molecule has 13 heteroatoms. The standard InChI is InChI=1S/C27H31N7O4S2/c1-17-16-39-24(29-17)21-11-8-12-34(21)25(35)19-13-20(30-22(14-19)33(3)40(4,36)37)23-31-32-26(38-23)27(2,28)15-18-9-6-5-7-10-18/h5-7,9-10,13-14,16,21H,8,11-12,15,28H2,1-4H3. The van der Waals surface area contributed by atoms with Gasteiger partial charge in [0, 0.05) is 30.2 Å². The van der Waals surface area contributed by atoms with E-state index < -0.39 is 15.6 Å². The minimum atomic E-state index is -3.67. The number of pyridine rings is 1. The highest BCUT2D eigenvalue weighted by Gasteiger charge is 2.34. The Bertz CT molecular complexity index is 1630. The van der Waals surface area contributed by atoms with Crippen LogP contribution in [-0.4, -0.2) is 59.2 Å². The number of thiazole rings is 1. The van der Waals surface area contributed by atoms with Crippen LogP contribution in [0.1, 0.15) is 58.3 Å². The number of amides is 1. The van der Waals surface area contributed by atoms with Crippen LogP contribution in [0.5, 0.6) is 0 Å². The van der Waals surface area contributed by atoms with Crippen molar-refractivity contribution in [3.05, 3.63) is 75.6 Å². The molecule has 1 amide bonds. The molecule has 4 aromatic rings. The van der Waals surface area contributed by atoms with Crippen molar-refractivity contribution in [2.24, 2.45) is 5.73 Å². The highest BCUT2D eigenvalue weighted by atomic mass is 32.2. The van der Waals surface area contributed by atoms with Crippen molar-refractivity contribution in [1.82, 2.24) is 25.1 Å². The molecule has 1 aliphatic heterocycles. The molecular weight excluding hydrogens is 550 g/mol. The average molecular weight is 582 g/mol. The lowest BCUT2D eigenvalue weighted by Gasteiger charge is -2.24. The van der Waals surface area contributed by atoms with Crippen molar-refractivity contribution in [2.45, 2.75) is 44.7 Å². The van der Waals surface area contributed by atoms with Gasteiger partial charge >= 0.3 is 0 Å². The Morgan fingerprint density at radius 1 is 1.23 bits per heavy atom. The molecule has 210 valence electrons. The molecule has 5 rings (SSSR count). The lowest BCUT2D eigenvalue weighted by molar-refractivity contribution is 0.0735. The van der Waals surface area contributed by atoms with Crippen molar-refractivity contribution in [3.8, 4) is 11.6 Å². The van der Waals surface area contributed by atoms with Gasteiger partial charge in [0.15, 0.2) is 0 Å². The molecule has 0 aliphatic carbocycles. The van der Waals surface area contributed by atoms with E-state index in [1.807, 2.05) is 42.6 Å². The SMILES string of the molecule is Cc1csc(C2CCCN2C(=O)c2cc(-c3nnc(C(C)(N)Cc4ccccc4)o3)nc(N(C)S(C)(=O)=O)c2)n1. The lowest BCUT2D eigenvalue weighted by atomic mass is 9.94. The van der Waals surface area contributed by atoms with Crippen molar-refractivity contribution < 1.29 is 17.6 Å². The average Bonchev–Trinajstić information content (AvgIpc) is 3.68. The first kappa shape index (κ1) is 27.9. The van der Waals surface area contributed by atoms with Gasteiger partial charge < -0.3 is 15.1 Å². The summed E-state index contributed by atoms with van der Waals surface area (Å²) < 4.78 is 31.7. The molecule has 2 N–H and O–H groups in total. The van der Waals surface area contributed by atoms with Crippen molar-refractivity contribution in [1.29, 1.82) is 0 Å². The lowest BCUT2D eigenvalue weighted by Crippen LogP contribution is -2.35. The number of aromatic nitrogens is 4. The molecule has 2 unspecified atom stereocenters. The van der Waals surface area contributed by atoms with E-state index >= 15 is 0 Å². The summed E-state index contributed by atoms with van der Waals surface area (Å²) in [5.74, 6) is 0.0334. The molecular formula is C27H31N7O4S2. The molecule has 1 aliphatic rings. The number of aryl methyl sites for hydroxylation is 1. The van der Waals surface area contributed by atoms with E-state index in [9.17, 15) is 13.2 Å². The van der Waals surface area contributed by atoms with Gasteiger partial charge in [-0.25, -0.2) is 18.4 Å². The normalized spacial score (nSPS) is 17.1. The Kier molecular flexibility index (Phi) is 7.46. The molecule has 2 atom stereocenters. The van der Waals surface area contributed by atoms with Crippen LogP contribution in [0.3, 0.4) is 0 Å². The number of carbonyl (C=O) groups excluding carboxylic acids is 1. The summed E-state index contributed by atoms with van der Waals surface area (Å²) in [4.78, 5) is 24.7. The van der Waals surface area contributed by atoms with E-state index in [-0.39, 0.29) is 40.8 Å². The van der Waals surface area contributed by atoms with E-state index in [0.29, 0.717) is 13.0 Å². The first-order valence-corrected chi connectivity index (χ1v) is 15.5. The molecule has 0 spiro atoms. The summed E-state index contributed by atoms with van der Waals surface area (Å²) in [6, 6.07) is 12.6. The van der Waals surface area contributed by atoms with Gasteiger partial charge in [0.05, 0.1) is 17.8 Å². The first-order valence-electron chi connectivity index (χ1n) is 12.8. The second-order valence-corrected chi connectivity index (χ2v) is 13.2. The molecule has 3 aromatic heterocycles. The third-order valence-corrected chi connectivity index (χ3v) is 9.11. The minimum absolute atomic E-state index is 0.0334. The van der Waals surface area contributed by atoms with Crippen LogP contribution in [0.2, 0.25) is 0 Å². The predicted molar refractivity (Wildman–Crippen MR) is 152 cm³/mol. The number of hydrogen-bond donors (Lipinski definition) is 1. The molecule has 0 bridgehead atoms. The Morgan fingerprint density at radius 2 is 1.98 bits per heavy atom. The van der Waals surface area contributed by atoms with Gasteiger partial charge in [-0.2, -0.15) is 0 Å². The molecule has 4 heterocycles. The van der Waals surface area contributed by atoms with Crippen LogP contribution in [0, 0.1) is 6.92 Å². The quantitative estimate of drug-likeness (QED) is 0.329. The van der Waals surface area contributed by atoms with Crippen molar-refractivity contribution in [2.75, 3.05) is 24.2 Å². The van der Waals surface area contributed by atoms with Crippen LogP contribution in [0.4, 0.5) is 5.82 Å². The maximum absolute atomic E-state index is 13.8. The van der Waals surface area contributed by atoms with E-state index in [2.05, 4.69) is 20.2 Å². The van der Waals surface area contributed by atoms with E-state index in [0.717, 1.165) is 39.7 Å². The largest absolute Gasteiger partial charge is 0.417 e. The molecule has 40 heavy (non-hydrogen) atoms. The number of hydrogen-bond acceptors (Lipinski definition) is 10. The van der Waals surface area contributed by atoms with Gasteiger partial charge in [0.25, 0.3) is 11.8 Å². The van der Waals surface area contributed by atoms with Crippen LogP contribution < -0.4 is 10.0 Å². The Balaban J connectivity index is 1.51. The van der Waals surface area contributed by atoms with Crippen LogP contribution >= 0.6 is 11.3 Å². The van der Waals surface area contributed by atoms with Gasteiger partial charge in [0.1, 0.15) is 16.5 Å². The summed E-state index contributed by atoms with van der Waals surface area (Å²) in [7, 11) is -2.29. The van der Waals surface area contributed by atoms with Gasteiger partial charge in [-0.3, -0.25) is 9.10 Å². The Labute approximate surface area is 237 Å². The molecule has 1 saturated heterocycles. The number of rotatable bonds is 8. The summed E-state index contributed by atoms with van der Waals surface area (Å²) in [5.41, 5.74) is 7.94. The van der Waals surface area contributed by atoms with Crippen molar-refractivity contribution >= 4 is 33.1 Å². The second-order valence-electron chi connectivity index (χ2n) is 10.3. The van der Waals surface area contributed by atoms with E-state index in [1.54, 1.807) is 17.9 Å². The highest BCUT2D eigenvalue weighted by Crippen LogP contribution is 2.36. The number of nitrogens with zero attached hydrogens (tertiary/aromatic N) is 6. The number of carbonyl (C=O) groups is 1. The smallest absolute Gasteiger partial charge is 0.266 e. The van der Waals surface area contributed by atoms with Crippen LogP contribution in [0.25, 0.3) is 11.6 Å². The zero-order valence-corrected chi connectivity index (χ0v) is 24.4. The number of anilines is 1. The summed E-state index contributed by atoms with van der Waals surface area (Å²) in [6.07, 6.45) is 3.16. The highest BCUT2D eigenvalue weighted by molar-refractivity contribution is 7.92. The third-order valence-electron chi connectivity index (χ3n) is 6.86. The molecule has 11 nitrogen and oxygen atoms in total. The Morgan fingerprint density at radius 3 is 2.65 bits per heavy atom. The molecule has 0 saturated carbocycles. The van der Waals surface area contributed by atoms with Crippen LogP contribution in [0.15, 0.2) is 52.3 Å². The van der Waals surface area contributed by atoms with Gasteiger partial charge in [-0.15, -0.1) is 21.5 Å². The maximum Gasteiger partial charge on any atom is 0.266 e. The molecule has 0 radical (unpaired) electrons. The van der Waals surface area contributed by atoms with Crippen LogP contribution in [-0.2, 0) is 22.0 Å². The molecule has 1 fully saturated rings. The number of sulfonamides is 1. The predicted octanol–water partition coefficient (Wildman–Crippen LogP) is 3.69. The van der Waals surface area contributed by atoms with Gasteiger partial charge in [0.2, 0.25) is 15.9 Å². The summed E-state index contributed by atoms with van der Waals surface area (Å²) in [6.45, 7) is 4.28.